The Bertz CT molecular complexity index is 556. The molecule has 0 saturated carbocycles. The van der Waals surface area contributed by atoms with Gasteiger partial charge in [-0.1, -0.05) is 11.6 Å². The molecule has 2 N–H and O–H groups in total. The van der Waals surface area contributed by atoms with E-state index in [4.69, 9.17) is 16.3 Å². The lowest BCUT2D eigenvalue weighted by Gasteiger charge is -2.20. The Labute approximate surface area is 152 Å². The Hall–Kier alpha value is -1.27. The summed E-state index contributed by atoms with van der Waals surface area (Å²) in [5.74, 6) is 2.03. The number of halogens is 1. The Kier molecular flexibility index (Phi) is 8.56. The highest BCUT2D eigenvalue weighted by Gasteiger charge is 2.18. The zero-order valence-electron chi connectivity index (χ0n) is 15.1. The molecule has 1 rings (SSSR count). The lowest BCUT2D eigenvalue weighted by atomic mass is 10.3. The molecule has 0 bridgehead atoms. The molecule has 24 heavy (non-hydrogen) atoms. The monoisotopic (exact) mass is 373 g/mol. The number of guanidine groups is 1. The SMILES string of the molecule is CN=C(NCCS(=O)C(C)(C)C)NCC(C)Oc1ccc(Cl)cc1. The topological polar surface area (TPSA) is 62.7 Å². The highest BCUT2D eigenvalue weighted by atomic mass is 35.5. The molecule has 2 unspecified atom stereocenters. The van der Waals surface area contributed by atoms with E-state index in [0.717, 1.165) is 5.75 Å². The summed E-state index contributed by atoms with van der Waals surface area (Å²) in [7, 11) is 0.831. The van der Waals surface area contributed by atoms with Gasteiger partial charge in [-0.05, 0) is 52.0 Å². The maximum atomic E-state index is 12.0. The predicted octanol–water partition coefficient (Wildman–Crippen LogP) is 2.82. The summed E-state index contributed by atoms with van der Waals surface area (Å²) < 4.78 is 17.6. The van der Waals surface area contributed by atoms with Crippen LogP contribution >= 0.6 is 11.6 Å². The van der Waals surface area contributed by atoms with E-state index in [9.17, 15) is 4.21 Å². The van der Waals surface area contributed by atoms with Crippen molar-refractivity contribution in [2.45, 2.75) is 38.5 Å². The van der Waals surface area contributed by atoms with Crippen LogP contribution in [-0.4, -0.2) is 46.9 Å². The van der Waals surface area contributed by atoms with Crippen molar-refractivity contribution in [3.8, 4) is 5.75 Å². The van der Waals surface area contributed by atoms with Crippen LogP contribution < -0.4 is 15.4 Å². The van der Waals surface area contributed by atoms with Gasteiger partial charge in [-0.2, -0.15) is 0 Å². The largest absolute Gasteiger partial charge is 0.489 e. The fourth-order valence-electron chi connectivity index (χ4n) is 1.82. The number of nitrogens with one attached hydrogen (secondary N) is 2. The van der Waals surface area contributed by atoms with Gasteiger partial charge < -0.3 is 15.4 Å². The van der Waals surface area contributed by atoms with Crippen LogP contribution in [0, 0.1) is 0 Å². The van der Waals surface area contributed by atoms with Crippen molar-refractivity contribution < 1.29 is 8.95 Å². The number of aliphatic imine (C=N–C) groups is 1. The average Bonchev–Trinajstić information content (AvgIpc) is 2.51. The minimum Gasteiger partial charge on any atom is -0.489 e. The lowest BCUT2D eigenvalue weighted by molar-refractivity contribution is 0.224. The molecule has 0 aliphatic heterocycles. The van der Waals surface area contributed by atoms with Gasteiger partial charge in [0.2, 0.25) is 0 Å². The normalized spacial score (nSPS) is 14.8. The molecule has 0 aliphatic carbocycles. The van der Waals surface area contributed by atoms with E-state index < -0.39 is 10.8 Å². The van der Waals surface area contributed by atoms with E-state index in [1.807, 2.05) is 39.8 Å². The Morgan fingerprint density at radius 1 is 1.29 bits per heavy atom. The van der Waals surface area contributed by atoms with E-state index >= 15 is 0 Å². The molecule has 2 atom stereocenters. The first kappa shape index (κ1) is 20.8. The fraction of sp³-hybridized carbons (Fsp3) is 0.588. The summed E-state index contributed by atoms with van der Waals surface area (Å²) in [6.07, 6.45) is -0.0339. The van der Waals surface area contributed by atoms with Gasteiger partial charge in [0, 0.05) is 39.9 Å². The number of hydrogen-bond acceptors (Lipinski definition) is 3. The van der Waals surface area contributed by atoms with Gasteiger partial charge in [0.25, 0.3) is 0 Å². The quantitative estimate of drug-likeness (QED) is 0.570. The van der Waals surface area contributed by atoms with E-state index in [-0.39, 0.29) is 10.9 Å². The molecule has 0 spiro atoms. The van der Waals surface area contributed by atoms with Gasteiger partial charge >= 0.3 is 0 Å². The molecule has 0 aromatic heterocycles. The smallest absolute Gasteiger partial charge is 0.191 e. The molecular weight excluding hydrogens is 346 g/mol. The van der Waals surface area contributed by atoms with Crippen LogP contribution in [0.2, 0.25) is 5.02 Å². The second-order valence-electron chi connectivity index (χ2n) is 6.42. The van der Waals surface area contributed by atoms with Gasteiger partial charge in [0.15, 0.2) is 5.96 Å². The van der Waals surface area contributed by atoms with Crippen molar-refractivity contribution in [2.24, 2.45) is 4.99 Å². The number of ether oxygens (including phenoxy) is 1. The number of benzene rings is 1. The zero-order valence-corrected chi connectivity index (χ0v) is 16.6. The van der Waals surface area contributed by atoms with E-state index in [1.54, 1.807) is 19.2 Å². The van der Waals surface area contributed by atoms with Crippen LogP contribution in [0.25, 0.3) is 0 Å². The minimum atomic E-state index is -0.878. The zero-order chi connectivity index (χ0) is 18.2. The molecule has 1 aromatic rings. The molecule has 0 heterocycles. The molecule has 0 amide bonds. The van der Waals surface area contributed by atoms with E-state index in [0.29, 0.717) is 29.8 Å². The van der Waals surface area contributed by atoms with Gasteiger partial charge in [-0.25, -0.2) is 0 Å². The Morgan fingerprint density at radius 3 is 2.46 bits per heavy atom. The molecule has 0 fully saturated rings. The summed E-state index contributed by atoms with van der Waals surface area (Å²) >= 11 is 5.85. The lowest BCUT2D eigenvalue weighted by Crippen LogP contribution is -2.43. The fourth-order valence-corrected chi connectivity index (χ4v) is 2.84. The van der Waals surface area contributed by atoms with Crippen LogP contribution in [0.5, 0.6) is 5.75 Å². The van der Waals surface area contributed by atoms with Crippen molar-refractivity contribution in [3.63, 3.8) is 0 Å². The van der Waals surface area contributed by atoms with Gasteiger partial charge in [-0.15, -0.1) is 0 Å². The predicted molar refractivity (Wildman–Crippen MR) is 104 cm³/mol. The van der Waals surface area contributed by atoms with Gasteiger partial charge in [0.05, 0.1) is 6.54 Å². The number of nitrogens with zero attached hydrogens (tertiary/aromatic N) is 1. The standard InChI is InChI=1S/C17H28ClN3O2S/c1-13(23-15-8-6-14(18)7-9-15)12-21-16(19-5)20-10-11-24(22)17(2,3)4/h6-9,13H,10-12H2,1-5H3,(H2,19,20,21). The van der Waals surface area contributed by atoms with Crippen molar-refractivity contribution in [1.29, 1.82) is 0 Å². The first-order valence-electron chi connectivity index (χ1n) is 7.97. The third-order valence-corrected chi connectivity index (χ3v) is 5.39. The summed E-state index contributed by atoms with van der Waals surface area (Å²) in [5, 5.41) is 7.06. The van der Waals surface area contributed by atoms with Crippen LogP contribution in [0.15, 0.2) is 29.3 Å². The highest BCUT2D eigenvalue weighted by Crippen LogP contribution is 2.16. The minimum absolute atomic E-state index is 0.0339. The molecule has 0 aliphatic rings. The summed E-state index contributed by atoms with van der Waals surface area (Å²) in [5.41, 5.74) is 0. The van der Waals surface area contributed by atoms with Crippen molar-refractivity contribution in [1.82, 2.24) is 10.6 Å². The van der Waals surface area contributed by atoms with Gasteiger partial charge in [-0.3, -0.25) is 9.20 Å². The third kappa shape index (κ3) is 8.02. The van der Waals surface area contributed by atoms with Crippen molar-refractivity contribution in [2.75, 3.05) is 25.9 Å². The first-order chi connectivity index (χ1) is 11.2. The number of rotatable bonds is 7. The van der Waals surface area contributed by atoms with Crippen LogP contribution in [0.4, 0.5) is 0 Å². The molecule has 7 heteroatoms. The van der Waals surface area contributed by atoms with Crippen molar-refractivity contribution in [3.05, 3.63) is 29.3 Å². The van der Waals surface area contributed by atoms with Crippen LogP contribution in [0.1, 0.15) is 27.7 Å². The van der Waals surface area contributed by atoms with E-state index in [2.05, 4.69) is 15.6 Å². The second-order valence-corrected chi connectivity index (χ2v) is 9.18. The highest BCUT2D eigenvalue weighted by molar-refractivity contribution is 7.86. The Morgan fingerprint density at radius 2 is 1.92 bits per heavy atom. The third-order valence-electron chi connectivity index (χ3n) is 3.19. The maximum absolute atomic E-state index is 12.0. The average molecular weight is 374 g/mol. The second kappa shape index (κ2) is 9.89. The van der Waals surface area contributed by atoms with E-state index in [1.165, 1.54) is 0 Å². The van der Waals surface area contributed by atoms with Gasteiger partial charge in [0.1, 0.15) is 11.9 Å². The van der Waals surface area contributed by atoms with Crippen molar-refractivity contribution >= 4 is 28.4 Å². The first-order valence-corrected chi connectivity index (χ1v) is 9.67. The van der Waals surface area contributed by atoms with Crippen LogP contribution in [0.3, 0.4) is 0 Å². The molecule has 1 aromatic carbocycles. The maximum Gasteiger partial charge on any atom is 0.191 e. The molecule has 136 valence electrons. The number of hydrogen-bond donors (Lipinski definition) is 2. The Balaban J connectivity index is 2.33. The molecular formula is C17H28ClN3O2S. The van der Waals surface area contributed by atoms with Crippen LogP contribution in [-0.2, 0) is 10.8 Å². The summed E-state index contributed by atoms with van der Waals surface area (Å²) in [4.78, 5) is 4.16. The molecule has 0 radical (unpaired) electrons. The summed E-state index contributed by atoms with van der Waals surface area (Å²) in [6, 6.07) is 7.28. The summed E-state index contributed by atoms with van der Waals surface area (Å²) in [6.45, 7) is 9.12. The molecule has 5 nitrogen and oxygen atoms in total. The molecule has 0 saturated heterocycles.